The number of non-ortho nitro benzene ring substituents is 1. The maximum atomic E-state index is 12.5. The highest BCUT2D eigenvalue weighted by Crippen LogP contribution is 2.20. The van der Waals surface area contributed by atoms with Crippen molar-refractivity contribution in [3.05, 3.63) is 100 Å². The van der Waals surface area contributed by atoms with Crippen molar-refractivity contribution < 1.29 is 18.1 Å². The molecule has 10 nitrogen and oxygen atoms in total. The van der Waals surface area contributed by atoms with Crippen molar-refractivity contribution in [3.8, 4) is 0 Å². The van der Waals surface area contributed by atoms with Crippen LogP contribution in [-0.4, -0.2) is 35.2 Å². The number of nitro groups is 1. The van der Waals surface area contributed by atoms with Crippen LogP contribution >= 0.6 is 0 Å². The predicted octanol–water partition coefficient (Wildman–Crippen LogP) is 3.02. The van der Waals surface area contributed by atoms with Crippen molar-refractivity contribution in [1.82, 2.24) is 14.7 Å². The third-order valence-electron chi connectivity index (χ3n) is 4.82. The van der Waals surface area contributed by atoms with Crippen molar-refractivity contribution in [3.63, 3.8) is 0 Å². The smallest absolute Gasteiger partial charge is 0.270 e. The Balaban J connectivity index is 1.35. The summed E-state index contributed by atoms with van der Waals surface area (Å²) < 4.78 is 29.3. The Morgan fingerprint density at radius 1 is 1.06 bits per heavy atom. The minimum absolute atomic E-state index is 0.225. The number of rotatable bonds is 8. The number of pyridine rings is 1. The molecule has 0 bridgehead atoms. The quantitative estimate of drug-likeness (QED) is 0.303. The Hall–Kier alpha value is -4.25. The van der Waals surface area contributed by atoms with Crippen LogP contribution in [0.1, 0.15) is 16.1 Å². The molecule has 4 aromatic rings. The molecule has 0 unspecified atom stereocenters. The maximum absolute atomic E-state index is 12.5. The number of nitrogens with zero attached hydrogens (tertiary/aromatic N) is 3. The van der Waals surface area contributed by atoms with Gasteiger partial charge in [-0.1, -0.05) is 12.1 Å². The minimum Gasteiger partial charge on any atom is -0.352 e. The standard InChI is InChI=1S/C22H19N5O5S/c28-22(23-12-11-18-15-26-13-2-1-6-21(26)24-18)16-7-9-17(10-8-16)25-33(31,32)20-5-3-4-19(14-20)27(29)30/h1-10,13-15,25H,11-12H2,(H,23,28). The first-order chi connectivity index (χ1) is 15.8. The highest BCUT2D eigenvalue weighted by molar-refractivity contribution is 7.92. The van der Waals surface area contributed by atoms with Crippen LogP contribution in [0.2, 0.25) is 0 Å². The highest BCUT2D eigenvalue weighted by atomic mass is 32.2. The van der Waals surface area contributed by atoms with Crippen LogP contribution in [-0.2, 0) is 16.4 Å². The largest absolute Gasteiger partial charge is 0.352 e. The average molecular weight is 465 g/mol. The van der Waals surface area contributed by atoms with Gasteiger partial charge in [0.25, 0.3) is 21.6 Å². The van der Waals surface area contributed by atoms with Crippen molar-refractivity contribution >= 4 is 33.0 Å². The lowest BCUT2D eigenvalue weighted by molar-refractivity contribution is -0.385. The second kappa shape index (κ2) is 9.09. The molecule has 0 aliphatic heterocycles. The number of hydrogen-bond donors (Lipinski definition) is 2. The van der Waals surface area contributed by atoms with Gasteiger partial charge in [-0.15, -0.1) is 0 Å². The average Bonchev–Trinajstić information content (AvgIpc) is 3.22. The molecular formula is C22H19N5O5S. The molecule has 0 atom stereocenters. The van der Waals surface area contributed by atoms with E-state index in [1.807, 2.05) is 35.0 Å². The fourth-order valence-corrected chi connectivity index (χ4v) is 4.28. The topological polar surface area (TPSA) is 136 Å². The number of nitrogens with one attached hydrogen (secondary N) is 2. The summed E-state index contributed by atoms with van der Waals surface area (Å²) in [7, 11) is -4.02. The van der Waals surface area contributed by atoms with E-state index < -0.39 is 14.9 Å². The second-order valence-corrected chi connectivity index (χ2v) is 8.82. The summed E-state index contributed by atoms with van der Waals surface area (Å²) in [5.74, 6) is -0.299. The fourth-order valence-electron chi connectivity index (χ4n) is 3.18. The summed E-state index contributed by atoms with van der Waals surface area (Å²) in [4.78, 5) is 26.9. The van der Waals surface area contributed by atoms with Crippen molar-refractivity contribution in [1.29, 1.82) is 0 Å². The fraction of sp³-hybridized carbons (Fsp3) is 0.0909. The molecule has 0 saturated heterocycles. The lowest BCUT2D eigenvalue weighted by Gasteiger charge is -2.09. The van der Waals surface area contributed by atoms with E-state index in [1.165, 1.54) is 42.5 Å². The minimum atomic E-state index is -4.02. The van der Waals surface area contributed by atoms with Gasteiger partial charge in [-0.05, 0) is 42.5 Å². The van der Waals surface area contributed by atoms with Gasteiger partial charge in [0.05, 0.1) is 15.5 Å². The molecule has 33 heavy (non-hydrogen) atoms. The van der Waals surface area contributed by atoms with E-state index >= 15 is 0 Å². The molecule has 2 aromatic carbocycles. The van der Waals surface area contributed by atoms with E-state index in [9.17, 15) is 23.3 Å². The number of fused-ring (bicyclic) bond motifs is 1. The lowest BCUT2D eigenvalue weighted by atomic mass is 10.2. The first-order valence-electron chi connectivity index (χ1n) is 9.90. The second-order valence-electron chi connectivity index (χ2n) is 7.14. The molecule has 1 amide bonds. The van der Waals surface area contributed by atoms with Crippen molar-refractivity contribution in [2.75, 3.05) is 11.3 Å². The monoisotopic (exact) mass is 465 g/mol. The Morgan fingerprint density at radius 2 is 1.85 bits per heavy atom. The molecule has 0 aliphatic carbocycles. The molecule has 168 valence electrons. The van der Waals surface area contributed by atoms with Crippen molar-refractivity contribution in [2.45, 2.75) is 11.3 Å². The summed E-state index contributed by atoms with van der Waals surface area (Å²) in [6.45, 7) is 0.393. The number of hydrogen-bond acceptors (Lipinski definition) is 6. The summed E-state index contributed by atoms with van der Waals surface area (Å²) in [5.41, 5.74) is 1.95. The van der Waals surface area contributed by atoms with Crippen LogP contribution < -0.4 is 10.0 Å². The summed E-state index contributed by atoms with van der Waals surface area (Å²) >= 11 is 0. The Labute approximate surface area is 189 Å². The van der Waals surface area contributed by atoms with Gasteiger partial charge in [0.15, 0.2) is 0 Å². The van der Waals surface area contributed by atoms with Crippen molar-refractivity contribution in [2.24, 2.45) is 0 Å². The Morgan fingerprint density at radius 3 is 2.58 bits per heavy atom. The van der Waals surface area contributed by atoms with Gasteiger partial charge in [0.2, 0.25) is 0 Å². The van der Waals surface area contributed by atoms with Gasteiger partial charge in [-0.2, -0.15) is 0 Å². The number of anilines is 1. The SMILES string of the molecule is O=C(NCCc1cn2ccccc2n1)c1ccc(NS(=O)(=O)c2cccc([N+](=O)[O-])c2)cc1. The van der Waals surface area contributed by atoms with Crippen LogP contribution in [0.3, 0.4) is 0 Å². The van der Waals surface area contributed by atoms with E-state index in [2.05, 4.69) is 15.0 Å². The van der Waals surface area contributed by atoms with E-state index in [1.54, 1.807) is 0 Å². The lowest BCUT2D eigenvalue weighted by Crippen LogP contribution is -2.25. The number of sulfonamides is 1. The third kappa shape index (κ3) is 5.15. The molecule has 0 saturated carbocycles. The Bertz CT molecular complexity index is 1400. The number of benzene rings is 2. The molecule has 0 spiro atoms. The molecule has 11 heteroatoms. The first kappa shape index (κ1) is 22.0. The maximum Gasteiger partial charge on any atom is 0.270 e. The zero-order valence-corrected chi connectivity index (χ0v) is 18.0. The predicted molar refractivity (Wildman–Crippen MR) is 122 cm³/mol. The van der Waals surface area contributed by atoms with Gasteiger partial charge < -0.3 is 9.72 Å². The molecule has 2 aromatic heterocycles. The number of nitro benzene ring substituents is 1. The molecule has 2 heterocycles. The van der Waals surface area contributed by atoms with Gasteiger partial charge in [-0.3, -0.25) is 19.6 Å². The van der Waals surface area contributed by atoms with Crippen LogP contribution in [0.5, 0.6) is 0 Å². The zero-order chi connectivity index (χ0) is 23.4. The number of amides is 1. The van der Waals surface area contributed by atoms with E-state index in [-0.39, 0.29) is 22.2 Å². The van der Waals surface area contributed by atoms with Gasteiger partial charge in [0.1, 0.15) is 5.65 Å². The van der Waals surface area contributed by atoms with Gasteiger partial charge in [0, 0.05) is 48.7 Å². The molecule has 4 rings (SSSR count). The number of carbonyl (C=O) groups is 1. The van der Waals surface area contributed by atoms with Crippen LogP contribution in [0, 0.1) is 10.1 Å². The molecule has 0 radical (unpaired) electrons. The number of carbonyl (C=O) groups excluding carboxylic acids is 1. The number of imidazole rings is 1. The molecular weight excluding hydrogens is 446 g/mol. The third-order valence-corrected chi connectivity index (χ3v) is 6.20. The number of aromatic nitrogens is 2. The van der Waals surface area contributed by atoms with Crippen LogP contribution in [0.25, 0.3) is 5.65 Å². The van der Waals surface area contributed by atoms with Gasteiger partial charge in [-0.25, -0.2) is 13.4 Å². The van der Waals surface area contributed by atoms with E-state index in [0.29, 0.717) is 18.5 Å². The van der Waals surface area contributed by atoms with Crippen LogP contribution in [0.4, 0.5) is 11.4 Å². The van der Waals surface area contributed by atoms with E-state index in [4.69, 9.17) is 0 Å². The highest BCUT2D eigenvalue weighted by Gasteiger charge is 2.18. The van der Waals surface area contributed by atoms with Crippen LogP contribution in [0.15, 0.2) is 84.0 Å². The first-order valence-corrected chi connectivity index (χ1v) is 11.4. The normalized spacial score (nSPS) is 11.3. The molecule has 2 N–H and O–H groups in total. The Kier molecular flexibility index (Phi) is 6.05. The molecule has 0 fully saturated rings. The zero-order valence-electron chi connectivity index (χ0n) is 17.2. The van der Waals surface area contributed by atoms with E-state index in [0.717, 1.165) is 17.4 Å². The summed E-state index contributed by atoms with van der Waals surface area (Å²) in [6, 6.07) is 16.3. The molecule has 0 aliphatic rings. The van der Waals surface area contributed by atoms with Gasteiger partial charge >= 0.3 is 0 Å². The summed E-state index contributed by atoms with van der Waals surface area (Å²) in [6.07, 6.45) is 4.37. The summed E-state index contributed by atoms with van der Waals surface area (Å²) in [5, 5.41) is 13.7.